The number of halogens is 1. The van der Waals surface area contributed by atoms with Crippen LogP contribution in [0.4, 0.5) is 10.2 Å². The molecule has 37 heavy (non-hydrogen) atoms. The fraction of sp³-hybridized carbons (Fsp3) is 0.111. The van der Waals surface area contributed by atoms with Crippen LogP contribution in [0.5, 0.6) is 11.5 Å². The van der Waals surface area contributed by atoms with E-state index in [0.29, 0.717) is 33.7 Å². The highest BCUT2D eigenvalue weighted by Gasteiger charge is 2.24. The van der Waals surface area contributed by atoms with Crippen molar-refractivity contribution in [2.45, 2.75) is 6.54 Å². The standard InChI is InChI=1S/C27H23FN6O3/c1-36-21-12-9-17(13-22(21)37-2)15-31-34-25(29)23(27(35)30-14-16-7-10-18(28)11-8-16)24-26(34)33-20-6-4-3-5-19(20)32-24/h3-13,15H,14,29H2,1-2H3,(H,30,35). The summed E-state index contributed by atoms with van der Waals surface area (Å²) in [6.45, 7) is 0.182. The summed E-state index contributed by atoms with van der Waals surface area (Å²) in [5, 5.41) is 7.34. The molecule has 0 atom stereocenters. The topological polar surface area (TPSA) is 117 Å². The number of carbonyl (C=O) groups excluding carboxylic acids is 1. The minimum absolute atomic E-state index is 0.0821. The first-order valence-electron chi connectivity index (χ1n) is 11.3. The van der Waals surface area contributed by atoms with E-state index >= 15 is 0 Å². The van der Waals surface area contributed by atoms with E-state index < -0.39 is 5.91 Å². The molecule has 5 rings (SSSR count). The summed E-state index contributed by atoms with van der Waals surface area (Å²) in [6, 6.07) is 18.5. The molecule has 0 unspecified atom stereocenters. The third kappa shape index (κ3) is 4.64. The number of nitrogens with zero attached hydrogens (tertiary/aromatic N) is 4. The lowest BCUT2D eigenvalue weighted by Gasteiger charge is -2.07. The lowest BCUT2D eigenvalue weighted by Crippen LogP contribution is -2.23. The lowest BCUT2D eigenvalue weighted by molar-refractivity contribution is 0.0953. The Labute approximate surface area is 211 Å². The SMILES string of the molecule is COc1ccc(C=Nn2c(N)c(C(=O)NCc3ccc(F)cc3)c3nc4ccccc4nc32)cc1OC. The molecule has 5 aromatic rings. The number of ether oxygens (including phenoxy) is 2. The van der Waals surface area contributed by atoms with Crippen LogP contribution in [0.2, 0.25) is 0 Å². The number of anilines is 1. The number of fused-ring (bicyclic) bond motifs is 2. The van der Waals surface area contributed by atoms with Crippen molar-refractivity contribution in [3.8, 4) is 11.5 Å². The summed E-state index contributed by atoms with van der Waals surface area (Å²) in [7, 11) is 3.11. The van der Waals surface area contributed by atoms with Gasteiger partial charge in [-0.1, -0.05) is 24.3 Å². The van der Waals surface area contributed by atoms with E-state index in [1.165, 1.54) is 16.8 Å². The Hall–Kier alpha value is -4.99. The smallest absolute Gasteiger partial charge is 0.257 e. The Morgan fingerprint density at radius 2 is 1.73 bits per heavy atom. The number of hydrogen-bond acceptors (Lipinski definition) is 7. The molecule has 0 aliphatic rings. The van der Waals surface area contributed by atoms with Crippen molar-refractivity contribution in [3.05, 3.63) is 89.2 Å². The predicted octanol–water partition coefficient (Wildman–Crippen LogP) is 4.14. The first-order valence-corrected chi connectivity index (χ1v) is 11.3. The van der Waals surface area contributed by atoms with Crippen molar-refractivity contribution in [2.75, 3.05) is 20.0 Å². The molecule has 3 N–H and O–H groups in total. The van der Waals surface area contributed by atoms with Crippen molar-refractivity contribution >= 4 is 40.1 Å². The molecule has 0 saturated heterocycles. The Morgan fingerprint density at radius 1 is 1.03 bits per heavy atom. The van der Waals surface area contributed by atoms with Gasteiger partial charge in [-0.25, -0.2) is 14.4 Å². The zero-order chi connectivity index (χ0) is 25.9. The molecule has 2 aromatic heterocycles. The van der Waals surface area contributed by atoms with Crippen LogP contribution < -0.4 is 20.5 Å². The van der Waals surface area contributed by atoms with Crippen LogP contribution in [0.3, 0.4) is 0 Å². The van der Waals surface area contributed by atoms with Crippen LogP contribution in [-0.4, -0.2) is 41.0 Å². The third-order valence-corrected chi connectivity index (χ3v) is 5.80. The molecule has 0 bridgehead atoms. The minimum Gasteiger partial charge on any atom is -0.493 e. The zero-order valence-corrected chi connectivity index (χ0v) is 20.1. The van der Waals surface area contributed by atoms with Crippen LogP contribution in [0, 0.1) is 5.82 Å². The van der Waals surface area contributed by atoms with E-state index in [0.717, 1.165) is 11.1 Å². The summed E-state index contributed by atoms with van der Waals surface area (Å²) in [4.78, 5) is 22.6. The van der Waals surface area contributed by atoms with Crippen molar-refractivity contribution in [1.82, 2.24) is 20.0 Å². The van der Waals surface area contributed by atoms with Crippen molar-refractivity contribution in [1.29, 1.82) is 0 Å². The maximum Gasteiger partial charge on any atom is 0.257 e. The highest BCUT2D eigenvalue weighted by molar-refractivity contribution is 6.10. The van der Waals surface area contributed by atoms with Gasteiger partial charge in [-0.05, 0) is 53.6 Å². The minimum atomic E-state index is -0.448. The second-order valence-electron chi connectivity index (χ2n) is 8.12. The highest BCUT2D eigenvalue weighted by Crippen LogP contribution is 2.29. The van der Waals surface area contributed by atoms with Crippen LogP contribution in [0.15, 0.2) is 71.8 Å². The zero-order valence-electron chi connectivity index (χ0n) is 20.1. The number of benzene rings is 3. The van der Waals surface area contributed by atoms with Crippen LogP contribution >= 0.6 is 0 Å². The molecule has 9 nitrogen and oxygen atoms in total. The molecule has 0 aliphatic carbocycles. The lowest BCUT2D eigenvalue weighted by atomic mass is 10.2. The van der Waals surface area contributed by atoms with Crippen LogP contribution in [0.25, 0.3) is 22.2 Å². The molecule has 0 saturated carbocycles. The second-order valence-corrected chi connectivity index (χ2v) is 8.12. The Bertz CT molecular complexity index is 1650. The monoisotopic (exact) mass is 498 g/mol. The van der Waals surface area contributed by atoms with Gasteiger partial charge in [-0.2, -0.15) is 9.78 Å². The maximum atomic E-state index is 13.3. The van der Waals surface area contributed by atoms with Gasteiger partial charge in [0, 0.05) is 6.54 Å². The third-order valence-electron chi connectivity index (χ3n) is 5.80. The number of hydrogen-bond donors (Lipinski definition) is 2. The molecular weight excluding hydrogens is 475 g/mol. The van der Waals surface area contributed by atoms with E-state index in [1.807, 2.05) is 30.3 Å². The van der Waals surface area contributed by atoms with E-state index in [4.69, 9.17) is 15.2 Å². The first-order chi connectivity index (χ1) is 18.0. The van der Waals surface area contributed by atoms with E-state index in [-0.39, 0.29) is 23.7 Å². The molecular formula is C27H23FN6O3. The van der Waals surface area contributed by atoms with Gasteiger partial charge in [0.25, 0.3) is 5.91 Å². The molecule has 10 heteroatoms. The van der Waals surface area contributed by atoms with Crippen LogP contribution in [0.1, 0.15) is 21.5 Å². The number of nitrogens with one attached hydrogen (secondary N) is 1. The molecule has 186 valence electrons. The van der Waals surface area contributed by atoms with E-state index in [1.54, 1.807) is 44.7 Å². The van der Waals surface area contributed by atoms with Crippen LogP contribution in [-0.2, 0) is 6.54 Å². The van der Waals surface area contributed by atoms with Gasteiger partial charge < -0.3 is 20.5 Å². The molecule has 0 aliphatic heterocycles. The van der Waals surface area contributed by atoms with Crippen molar-refractivity contribution in [2.24, 2.45) is 5.10 Å². The number of nitrogen functional groups attached to an aromatic ring is 1. The molecule has 0 radical (unpaired) electrons. The number of rotatable bonds is 7. The fourth-order valence-corrected chi connectivity index (χ4v) is 3.92. The second kappa shape index (κ2) is 9.94. The summed E-state index contributed by atoms with van der Waals surface area (Å²) in [6.07, 6.45) is 1.58. The highest BCUT2D eigenvalue weighted by atomic mass is 19.1. The molecule has 0 spiro atoms. The largest absolute Gasteiger partial charge is 0.493 e. The first kappa shape index (κ1) is 23.7. The summed E-state index contributed by atoms with van der Waals surface area (Å²) < 4.78 is 25.3. The Balaban J connectivity index is 1.57. The van der Waals surface area contributed by atoms with Gasteiger partial charge >= 0.3 is 0 Å². The van der Waals surface area contributed by atoms with Crippen molar-refractivity contribution in [3.63, 3.8) is 0 Å². The maximum absolute atomic E-state index is 13.3. The number of para-hydroxylation sites is 2. The van der Waals surface area contributed by atoms with Gasteiger partial charge in [0.15, 0.2) is 17.1 Å². The normalized spacial score (nSPS) is 11.3. The fourth-order valence-electron chi connectivity index (χ4n) is 3.92. The van der Waals surface area contributed by atoms with Gasteiger partial charge in [0.1, 0.15) is 22.7 Å². The molecule has 0 fully saturated rings. The van der Waals surface area contributed by atoms with Crippen molar-refractivity contribution < 1.29 is 18.7 Å². The van der Waals surface area contributed by atoms with E-state index in [9.17, 15) is 9.18 Å². The average Bonchev–Trinajstić information content (AvgIpc) is 3.19. The average molecular weight is 499 g/mol. The summed E-state index contributed by atoms with van der Waals surface area (Å²) in [5.74, 6) is 0.415. The molecule has 2 heterocycles. The number of aromatic nitrogens is 3. The quantitative estimate of drug-likeness (QED) is 0.326. The Kier molecular flexibility index (Phi) is 6.38. The van der Waals surface area contributed by atoms with Gasteiger partial charge in [0.2, 0.25) is 0 Å². The number of carbonyl (C=O) groups is 1. The number of nitrogens with two attached hydrogens (primary N) is 1. The van der Waals surface area contributed by atoms with Gasteiger partial charge in [0.05, 0.1) is 31.5 Å². The summed E-state index contributed by atoms with van der Waals surface area (Å²) >= 11 is 0. The number of amides is 1. The number of methoxy groups -OCH3 is 2. The van der Waals surface area contributed by atoms with Gasteiger partial charge in [-0.15, -0.1) is 0 Å². The molecule has 3 aromatic carbocycles. The summed E-state index contributed by atoms with van der Waals surface area (Å²) in [5.41, 5.74) is 9.95. The predicted molar refractivity (Wildman–Crippen MR) is 140 cm³/mol. The molecule has 1 amide bonds. The van der Waals surface area contributed by atoms with E-state index in [2.05, 4.69) is 20.4 Å². The van der Waals surface area contributed by atoms with Gasteiger partial charge in [-0.3, -0.25) is 4.79 Å². The Morgan fingerprint density at radius 3 is 2.43 bits per heavy atom.